The third-order valence-corrected chi connectivity index (χ3v) is 9.62. The fraction of sp³-hybridized carbons (Fsp3) is 0.786. The molecule has 0 aliphatic rings. The van der Waals surface area contributed by atoms with Gasteiger partial charge in [0.25, 0.3) is 0 Å². The van der Waals surface area contributed by atoms with E-state index in [-0.39, 0.29) is 52.1 Å². The molecule has 0 bridgehead atoms. The Labute approximate surface area is 198 Å². The third kappa shape index (κ3) is 21.8. The molecule has 0 rings (SSSR count). The SMILES string of the molecule is O=C(CSCCS(=O)CSCSC(=O)CSCC(=O)OCSCO)OCSCO. The van der Waals surface area contributed by atoms with Crippen molar-refractivity contribution < 1.29 is 38.3 Å². The maximum absolute atomic E-state index is 11.9. The fourth-order valence-corrected chi connectivity index (χ4v) is 7.48. The Morgan fingerprint density at radius 1 is 0.793 bits per heavy atom. The highest BCUT2D eigenvalue weighted by Gasteiger charge is 2.09. The van der Waals surface area contributed by atoms with Crippen molar-refractivity contribution in [2.75, 3.05) is 62.7 Å². The Morgan fingerprint density at radius 2 is 1.38 bits per heavy atom. The van der Waals surface area contributed by atoms with Crippen molar-refractivity contribution in [2.45, 2.75) is 0 Å². The van der Waals surface area contributed by atoms with Crippen molar-refractivity contribution in [2.24, 2.45) is 0 Å². The van der Waals surface area contributed by atoms with E-state index in [1.807, 2.05) is 0 Å². The molecule has 0 saturated carbocycles. The summed E-state index contributed by atoms with van der Waals surface area (Å²) >= 11 is 7.23. The normalized spacial score (nSPS) is 11.8. The van der Waals surface area contributed by atoms with Gasteiger partial charge >= 0.3 is 11.9 Å². The van der Waals surface area contributed by atoms with E-state index < -0.39 is 16.8 Å². The van der Waals surface area contributed by atoms with Crippen LogP contribution < -0.4 is 0 Å². The van der Waals surface area contributed by atoms with Gasteiger partial charge in [0.05, 0.1) is 34.2 Å². The minimum atomic E-state index is -1.03. The predicted molar refractivity (Wildman–Crippen MR) is 129 cm³/mol. The average molecular weight is 545 g/mol. The van der Waals surface area contributed by atoms with Crippen molar-refractivity contribution in [3.05, 3.63) is 0 Å². The van der Waals surface area contributed by atoms with Gasteiger partial charge in [0.1, 0.15) is 11.9 Å². The van der Waals surface area contributed by atoms with Gasteiger partial charge in [-0.1, -0.05) is 35.3 Å². The largest absolute Gasteiger partial charge is 0.454 e. The average Bonchev–Trinajstić information content (AvgIpc) is 2.69. The lowest BCUT2D eigenvalue weighted by Gasteiger charge is -2.04. The van der Waals surface area contributed by atoms with Gasteiger partial charge < -0.3 is 19.7 Å². The van der Waals surface area contributed by atoms with Crippen LogP contribution in [0.25, 0.3) is 0 Å². The van der Waals surface area contributed by atoms with Crippen molar-refractivity contribution in [3.8, 4) is 0 Å². The molecule has 0 radical (unpaired) electrons. The summed E-state index contributed by atoms with van der Waals surface area (Å²) in [5.74, 6) is 0.728. The molecule has 2 N–H and O–H groups in total. The maximum Gasteiger partial charge on any atom is 0.316 e. The van der Waals surface area contributed by atoms with E-state index in [1.54, 1.807) is 0 Å². The highest BCUT2D eigenvalue weighted by Crippen LogP contribution is 2.17. The first kappa shape index (κ1) is 29.8. The van der Waals surface area contributed by atoms with Gasteiger partial charge in [0, 0.05) is 27.4 Å². The molecule has 0 spiro atoms. The zero-order valence-corrected chi connectivity index (χ0v) is 21.2. The van der Waals surface area contributed by atoms with Gasteiger partial charge in [-0.05, 0) is 0 Å². The van der Waals surface area contributed by atoms with E-state index in [4.69, 9.17) is 19.7 Å². The standard InChI is InChI=1S/C14H24O8S7/c15-6-25-8-21-12(17)3-23-1-2-29(20)11-27-10-28-14(19)5-24-4-13(18)22-9-26-7-16/h15-16H,1-11H2. The predicted octanol–water partition coefficient (Wildman–Crippen LogP) is 1.48. The Hall–Kier alpha value is 0.780. The van der Waals surface area contributed by atoms with Crippen LogP contribution in [0.5, 0.6) is 0 Å². The molecule has 0 aromatic rings. The molecule has 8 nitrogen and oxygen atoms in total. The number of thioether (sulfide) groups is 6. The van der Waals surface area contributed by atoms with Crippen LogP contribution in [0.2, 0.25) is 0 Å². The summed E-state index contributed by atoms with van der Waals surface area (Å²) in [7, 11) is -1.03. The Bertz CT molecular complexity index is 495. The van der Waals surface area contributed by atoms with E-state index in [1.165, 1.54) is 35.3 Å². The van der Waals surface area contributed by atoms with E-state index in [0.717, 1.165) is 35.3 Å². The van der Waals surface area contributed by atoms with Crippen molar-refractivity contribution in [3.63, 3.8) is 0 Å². The van der Waals surface area contributed by atoms with Crippen molar-refractivity contribution in [1.29, 1.82) is 0 Å². The number of esters is 2. The molecule has 1 unspecified atom stereocenters. The first-order chi connectivity index (χ1) is 14.0. The van der Waals surface area contributed by atoms with Crippen LogP contribution in [0.1, 0.15) is 0 Å². The van der Waals surface area contributed by atoms with E-state index in [9.17, 15) is 18.6 Å². The quantitative estimate of drug-likeness (QED) is 0.138. The molecular formula is C14H24O8S7. The second kappa shape index (κ2) is 22.0. The van der Waals surface area contributed by atoms with Crippen LogP contribution in [-0.4, -0.2) is 94.2 Å². The molecule has 1 atom stereocenters. The molecule has 0 saturated heterocycles. The Kier molecular flexibility index (Phi) is 22.6. The zero-order valence-electron chi connectivity index (χ0n) is 15.5. The summed E-state index contributed by atoms with van der Waals surface area (Å²) in [4.78, 5) is 34.3. The van der Waals surface area contributed by atoms with Crippen molar-refractivity contribution in [1.82, 2.24) is 0 Å². The summed E-state index contributed by atoms with van der Waals surface area (Å²) in [6.45, 7) is 0. The van der Waals surface area contributed by atoms with Crippen LogP contribution in [-0.2, 0) is 34.7 Å². The van der Waals surface area contributed by atoms with Gasteiger partial charge in [-0.2, -0.15) is 0 Å². The molecule has 0 aromatic carbocycles. The minimum Gasteiger partial charge on any atom is -0.454 e. The number of ether oxygens (including phenoxy) is 2. The number of carbonyl (C=O) groups excluding carboxylic acids is 3. The number of hydrogen-bond acceptors (Lipinski definition) is 14. The lowest BCUT2D eigenvalue weighted by Crippen LogP contribution is -2.10. The summed E-state index contributed by atoms with van der Waals surface area (Å²) in [6, 6.07) is 0. The van der Waals surface area contributed by atoms with Gasteiger partial charge in [-0.15, -0.1) is 35.3 Å². The second-order valence-corrected chi connectivity index (χ2v) is 12.8. The van der Waals surface area contributed by atoms with Gasteiger partial charge in [-0.3, -0.25) is 18.6 Å². The van der Waals surface area contributed by atoms with Crippen LogP contribution >= 0.6 is 70.6 Å². The molecule has 0 amide bonds. The Balaban J connectivity index is 3.52. The molecule has 0 fully saturated rings. The molecular weight excluding hydrogens is 521 g/mol. The van der Waals surface area contributed by atoms with E-state index in [0.29, 0.717) is 21.7 Å². The highest BCUT2D eigenvalue weighted by atomic mass is 32.2. The summed E-state index contributed by atoms with van der Waals surface area (Å²) in [5.41, 5.74) is 0. The molecule has 0 aliphatic carbocycles. The first-order valence-corrected chi connectivity index (χ1v) is 16.2. The topological polar surface area (TPSA) is 127 Å². The monoisotopic (exact) mass is 544 g/mol. The molecule has 15 heteroatoms. The second-order valence-electron chi connectivity index (χ2n) is 4.58. The van der Waals surface area contributed by atoms with Crippen LogP contribution in [0, 0.1) is 0 Å². The van der Waals surface area contributed by atoms with E-state index in [2.05, 4.69) is 0 Å². The van der Waals surface area contributed by atoms with Gasteiger partial charge in [-0.25, -0.2) is 0 Å². The molecule has 29 heavy (non-hydrogen) atoms. The van der Waals surface area contributed by atoms with Gasteiger partial charge in [0.15, 0.2) is 5.12 Å². The summed E-state index contributed by atoms with van der Waals surface area (Å²) < 4.78 is 21.5. The lowest BCUT2D eigenvalue weighted by molar-refractivity contribution is -0.139. The molecule has 0 heterocycles. The van der Waals surface area contributed by atoms with Crippen LogP contribution in [0.15, 0.2) is 0 Å². The number of aliphatic hydroxyl groups excluding tert-OH is 2. The van der Waals surface area contributed by atoms with Crippen molar-refractivity contribution >= 4 is 98.4 Å². The summed E-state index contributed by atoms with van der Waals surface area (Å²) in [5, 5.41) is 17.9. The highest BCUT2D eigenvalue weighted by molar-refractivity contribution is 8.26. The molecule has 0 aliphatic heterocycles. The van der Waals surface area contributed by atoms with Crippen LogP contribution in [0.3, 0.4) is 0 Å². The Morgan fingerprint density at radius 3 is 1.97 bits per heavy atom. The molecule has 0 aromatic heterocycles. The van der Waals surface area contributed by atoms with Crippen LogP contribution in [0.4, 0.5) is 0 Å². The first-order valence-electron chi connectivity index (χ1n) is 7.91. The minimum absolute atomic E-state index is 0.0563. The molecule has 170 valence electrons. The fourth-order valence-electron chi connectivity index (χ4n) is 1.23. The summed E-state index contributed by atoms with van der Waals surface area (Å²) in [6.07, 6.45) is 0. The number of rotatable bonds is 19. The number of aliphatic hydroxyl groups is 2. The zero-order chi connectivity index (χ0) is 21.7. The lowest BCUT2D eigenvalue weighted by atomic mass is 10.8. The van der Waals surface area contributed by atoms with E-state index >= 15 is 0 Å². The third-order valence-electron chi connectivity index (χ3n) is 2.42. The maximum atomic E-state index is 11.9. The smallest absolute Gasteiger partial charge is 0.316 e. The number of hydrogen-bond donors (Lipinski definition) is 2. The number of carbonyl (C=O) groups is 3. The van der Waals surface area contributed by atoms with Gasteiger partial charge in [0.2, 0.25) is 0 Å².